The number of ether oxygens (including phenoxy) is 1. The lowest BCUT2D eigenvalue weighted by molar-refractivity contribution is -0.116. The van der Waals surface area contributed by atoms with Gasteiger partial charge in [-0.2, -0.15) is 0 Å². The Morgan fingerprint density at radius 1 is 1.13 bits per heavy atom. The lowest BCUT2D eigenvalue weighted by atomic mass is 10.2. The van der Waals surface area contributed by atoms with E-state index in [1.807, 2.05) is 24.3 Å². The van der Waals surface area contributed by atoms with Crippen molar-refractivity contribution in [3.63, 3.8) is 0 Å². The van der Waals surface area contributed by atoms with Crippen LogP contribution in [-0.2, 0) is 30.2 Å². The van der Waals surface area contributed by atoms with Crippen LogP contribution in [-0.4, -0.2) is 50.9 Å². The first-order chi connectivity index (χ1) is 15.0. The number of amides is 1. The smallest absolute Gasteiger partial charge is 0.332 e. The van der Waals surface area contributed by atoms with Crippen molar-refractivity contribution in [1.29, 1.82) is 0 Å². The summed E-state index contributed by atoms with van der Waals surface area (Å²) in [6, 6.07) is 7.75. The van der Waals surface area contributed by atoms with Crippen LogP contribution in [0.3, 0.4) is 0 Å². The van der Waals surface area contributed by atoms with Gasteiger partial charge in [-0.25, -0.2) is 9.78 Å². The summed E-state index contributed by atoms with van der Waals surface area (Å²) in [6.07, 6.45) is 2.36. The number of benzene rings is 1. The second-order valence-electron chi connectivity index (χ2n) is 7.58. The zero-order valence-electron chi connectivity index (χ0n) is 17.7. The highest BCUT2D eigenvalue weighted by Gasteiger charge is 2.17. The number of carbonyl (C=O) groups is 1. The third kappa shape index (κ3) is 4.11. The first-order valence-electron chi connectivity index (χ1n) is 10.3. The topological polar surface area (TPSA) is 103 Å². The SMILES string of the molecule is Cn1c(=O)c2c(ncn2CCCC(=O)Nc2ccccc2N2CCOCC2)n(C)c1=O. The second-order valence-corrected chi connectivity index (χ2v) is 7.58. The van der Waals surface area contributed by atoms with Crippen molar-refractivity contribution in [2.45, 2.75) is 19.4 Å². The fraction of sp³-hybridized carbons (Fsp3) is 0.429. The molecule has 1 aliphatic heterocycles. The molecule has 10 nitrogen and oxygen atoms in total. The van der Waals surface area contributed by atoms with Gasteiger partial charge in [-0.15, -0.1) is 0 Å². The predicted octanol–water partition coefficient (Wildman–Crippen LogP) is 0.689. The van der Waals surface area contributed by atoms with E-state index in [9.17, 15) is 14.4 Å². The molecule has 0 bridgehead atoms. The van der Waals surface area contributed by atoms with Gasteiger partial charge in [0.25, 0.3) is 5.56 Å². The summed E-state index contributed by atoms with van der Waals surface area (Å²) in [6.45, 7) is 3.37. The molecule has 10 heteroatoms. The van der Waals surface area contributed by atoms with Gasteiger partial charge in [0.05, 0.1) is 30.9 Å². The Morgan fingerprint density at radius 3 is 2.65 bits per heavy atom. The molecule has 1 aromatic carbocycles. The number of carbonyl (C=O) groups excluding carboxylic acids is 1. The fourth-order valence-corrected chi connectivity index (χ4v) is 3.85. The molecule has 1 fully saturated rings. The van der Waals surface area contributed by atoms with Gasteiger partial charge in [-0.1, -0.05) is 12.1 Å². The van der Waals surface area contributed by atoms with Gasteiger partial charge < -0.3 is 19.5 Å². The molecule has 2 aromatic heterocycles. The van der Waals surface area contributed by atoms with Crippen LogP contribution in [0.5, 0.6) is 0 Å². The number of hydrogen-bond acceptors (Lipinski definition) is 6. The average Bonchev–Trinajstić information content (AvgIpc) is 3.21. The molecule has 1 amide bonds. The fourth-order valence-electron chi connectivity index (χ4n) is 3.85. The van der Waals surface area contributed by atoms with Crippen molar-refractivity contribution < 1.29 is 9.53 Å². The number of para-hydroxylation sites is 2. The first-order valence-corrected chi connectivity index (χ1v) is 10.3. The molecule has 0 radical (unpaired) electrons. The average molecular weight is 426 g/mol. The van der Waals surface area contributed by atoms with Gasteiger partial charge >= 0.3 is 5.69 Å². The molecule has 3 aromatic rings. The van der Waals surface area contributed by atoms with Crippen molar-refractivity contribution >= 4 is 28.4 Å². The first kappa shape index (κ1) is 20.9. The van der Waals surface area contributed by atoms with Crippen LogP contribution in [0.25, 0.3) is 11.2 Å². The van der Waals surface area contributed by atoms with E-state index in [1.165, 1.54) is 17.9 Å². The summed E-state index contributed by atoms with van der Waals surface area (Å²) in [5, 5.41) is 3.00. The van der Waals surface area contributed by atoms with E-state index in [4.69, 9.17) is 4.74 Å². The number of morpholine rings is 1. The predicted molar refractivity (Wildman–Crippen MR) is 118 cm³/mol. The molecule has 0 aliphatic carbocycles. The monoisotopic (exact) mass is 426 g/mol. The Kier molecular flexibility index (Phi) is 5.90. The quantitative estimate of drug-likeness (QED) is 0.622. The number of nitrogens with zero attached hydrogens (tertiary/aromatic N) is 5. The minimum atomic E-state index is -0.416. The van der Waals surface area contributed by atoms with Gasteiger partial charge in [0.2, 0.25) is 5.91 Å². The van der Waals surface area contributed by atoms with E-state index >= 15 is 0 Å². The molecular weight excluding hydrogens is 400 g/mol. The summed E-state index contributed by atoms with van der Waals surface area (Å²) in [4.78, 5) is 43.5. The number of aromatic nitrogens is 4. The van der Waals surface area contributed by atoms with Crippen LogP contribution in [0.4, 0.5) is 11.4 Å². The number of nitrogens with one attached hydrogen (secondary N) is 1. The Balaban J connectivity index is 1.42. The molecule has 4 rings (SSSR count). The van der Waals surface area contributed by atoms with Gasteiger partial charge in [-0.05, 0) is 18.6 Å². The van der Waals surface area contributed by atoms with Crippen molar-refractivity contribution in [3.8, 4) is 0 Å². The van der Waals surface area contributed by atoms with Gasteiger partial charge in [-0.3, -0.25) is 18.7 Å². The Labute approximate surface area is 178 Å². The molecular formula is C21H26N6O4. The number of anilines is 2. The zero-order valence-corrected chi connectivity index (χ0v) is 17.7. The number of rotatable bonds is 6. The highest BCUT2D eigenvalue weighted by atomic mass is 16.5. The molecule has 164 valence electrons. The summed E-state index contributed by atoms with van der Waals surface area (Å²) in [5.74, 6) is -0.0922. The maximum Gasteiger partial charge on any atom is 0.332 e. The third-order valence-corrected chi connectivity index (χ3v) is 5.55. The molecule has 1 saturated heterocycles. The molecule has 31 heavy (non-hydrogen) atoms. The minimum Gasteiger partial charge on any atom is -0.378 e. The molecule has 0 spiro atoms. The van der Waals surface area contributed by atoms with E-state index in [1.54, 1.807) is 11.6 Å². The lowest BCUT2D eigenvalue weighted by Gasteiger charge is -2.30. The second kappa shape index (κ2) is 8.76. The summed E-state index contributed by atoms with van der Waals surface area (Å²) >= 11 is 0. The highest BCUT2D eigenvalue weighted by molar-refractivity contribution is 5.94. The zero-order chi connectivity index (χ0) is 22.0. The number of hydrogen-bond donors (Lipinski definition) is 1. The summed E-state index contributed by atoms with van der Waals surface area (Å²) in [5.41, 5.74) is 1.68. The van der Waals surface area contributed by atoms with Gasteiger partial charge in [0, 0.05) is 40.2 Å². The normalized spacial score (nSPS) is 14.2. The van der Waals surface area contributed by atoms with Crippen LogP contribution in [0.1, 0.15) is 12.8 Å². The Bertz CT molecular complexity index is 1220. The van der Waals surface area contributed by atoms with Gasteiger partial charge in [0.1, 0.15) is 0 Å². The maximum absolute atomic E-state index is 12.6. The van der Waals surface area contributed by atoms with Gasteiger partial charge in [0.15, 0.2) is 11.2 Å². The van der Waals surface area contributed by atoms with Crippen molar-refractivity contribution in [2.24, 2.45) is 14.1 Å². The molecule has 0 unspecified atom stereocenters. The standard InChI is InChI=1S/C21H26N6O4/c1-24-19-18(20(29)25(2)21(24)30)27(14-22-19)9-5-8-17(28)23-15-6-3-4-7-16(15)26-10-12-31-13-11-26/h3-4,6-7,14H,5,8-13H2,1-2H3,(H,23,28). The Hall–Kier alpha value is -3.40. The summed E-state index contributed by atoms with van der Waals surface area (Å²) in [7, 11) is 3.03. The van der Waals surface area contributed by atoms with Crippen LogP contribution in [0.2, 0.25) is 0 Å². The Morgan fingerprint density at radius 2 is 1.87 bits per heavy atom. The molecule has 0 saturated carbocycles. The lowest BCUT2D eigenvalue weighted by Crippen LogP contribution is -2.37. The molecule has 3 heterocycles. The largest absolute Gasteiger partial charge is 0.378 e. The van der Waals surface area contributed by atoms with Crippen molar-refractivity contribution in [1.82, 2.24) is 18.7 Å². The van der Waals surface area contributed by atoms with Crippen LogP contribution in [0, 0.1) is 0 Å². The maximum atomic E-state index is 12.6. The highest BCUT2D eigenvalue weighted by Crippen LogP contribution is 2.26. The summed E-state index contributed by atoms with van der Waals surface area (Å²) < 4.78 is 9.53. The molecule has 0 atom stereocenters. The van der Waals surface area contributed by atoms with E-state index in [0.29, 0.717) is 43.8 Å². The van der Waals surface area contributed by atoms with Crippen LogP contribution < -0.4 is 21.5 Å². The van der Waals surface area contributed by atoms with E-state index < -0.39 is 5.69 Å². The molecule has 1 N–H and O–H groups in total. The number of imidazole rings is 1. The van der Waals surface area contributed by atoms with E-state index in [0.717, 1.165) is 29.0 Å². The number of fused-ring (bicyclic) bond motifs is 1. The van der Waals surface area contributed by atoms with E-state index in [2.05, 4.69) is 15.2 Å². The van der Waals surface area contributed by atoms with E-state index in [-0.39, 0.29) is 11.5 Å². The van der Waals surface area contributed by atoms with Crippen LogP contribution in [0.15, 0.2) is 40.2 Å². The third-order valence-electron chi connectivity index (χ3n) is 5.55. The van der Waals surface area contributed by atoms with Crippen molar-refractivity contribution in [2.75, 3.05) is 36.5 Å². The van der Waals surface area contributed by atoms with Crippen molar-refractivity contribution in [3.05, 3.63) is 51.4 Å². The van der Waals surface area contributed by atoms with Crippen LogP contribution >= 0.6 is 0 Å². The minimum absolute atomic E-state index is 0.0922. The molecule has 1 aliphatic rings. The number of aryl methyl sites for hydroxylation is 2.